The van der Waals surface area contributed by atoms with E-state index in [9.17, 15) is 4.79 Å². The van der Waals surface area contributed by atoms with Crippen LogP contribution in [0.4, 0.5) is 5.13 Å². The van der Waals surface area contributed by atoms with Crippen LogP contribution in [0.25, 0.3) is 0 Å². The van der Waals surface area contributed by atoms with E-state index in [1.54, 1.807) is 17.3 Å². The Kier molecular flexibility index (Phi) is 3.14. The second-order valence-electron chi connectivity index (χ2n) is 3.74. The lowest BCUT2D eigenvalue weighted by atomic mass is 10.3. The van der Waals surface area contributed by atoms with E-state index < -0.39 is 0 Å². The minimum atomic E-state index is -0.160. The quantitative estimate of drug-likeness (QED) is 0.904. The molecule has 6 heteroatoms. The molecule has 2 N–H and O–H groups in total. The van der Waals surface area contributed by atoms with Crippen molar-refractivity contribution in [2.45, 2.75) is 13.5 Å². The number of furan rings is 1. The third-order valence-electron chi connectivity index (χ3n) is 2.28. The Morgan fingerprint density at radius 3 is 2.88 bits per heavy atom. The van der Waals surface area contributed by atoms with E-state index in [0.717, 1.165) is 11.5 Å². The zero-order valence-electron chi connectivity index (χ0n) is 9.64. The smallest absolute Gasteiger partial charge is 0.273 e. The summed E-state index contributed by atoms with van der Waals surface area (Å²) in [4.78, 5) is 17.4. The van der Waals surface area contributed by atoms with Gasteiger partial charge in [0.15, 0.2) is 5.13 Å². The van der Waals surface area contributed by atoms with Gasteiger partial charge >= 0.3 is 0 Å². The zero-order valence-corrected chi connectivity index (χ0v) is 10.5. The van der Waals surface area contributed by atoms with Gasteiger partial charge in [-0.3, -0.25) is 4.79 Å². The standard InChI is InChI=1S/C11H13N3O2S/c1-7-3-4-8(16-7)5-14(2)10(15)9-6-17-11(12)13-9/h3-4,6H,5H2,1-2H3,(H2,12,13). The molecular weight excluding hydrogens is 238 g/mol. The molecule has 0 aliphatic heterocycles. The van der Waals surface area contributed by atoms with Crippen LogP contribution in [0.15, 0.2) is 21.9 Å². The number of nitrogens with zero attached hydrogens (tertiary/aromatic N) is 2. The van der Waals surface area contributed by atoms with Crippen LogP contribution in [-0.2, 0) is 6.54 Å². The van der Waals surface area contributed by atoms with Crippen LogP contribution in [0.2, 0.25) is 0 Å². The first-order chi connectivity index (χ1) is 8.06. The molecule has 1 amide bonds. The Bertz CT molecular complexity index is 532. The first kappa shape index (κ1) is 11.7. The highest BCUT2D eigenvalue weighted by molar-refractivity contribution is 7.13. The summed E-state index contributed by atoms with van der Waals surface area (Å²) in [5.41, 5.74) is 5.86. The van der Waals surface area contributed by atoms with Crippen molar-refractivity contribution in [2.75, 3.05) is 12.8 Å². The van der Waals surface area contributed by atoms with E-state index in [2.05, 4.69) is 4.98 Å². The van der Waals surface area contributed by atoms with E-state index in [1.165, 1.54) is 11.3 Å². The van der Waals surface area contributed by atoms with Crippen molar-refractivity contribution >= 4 is 22.4 Å². The molecule has 2 heterocycles. The predicted octanol–water partition coefficient (Wildman–Crippen LogP) is 1.90. The molecule has 0 fully saturated rings. The maximum Gasteiger partial charge on any atom is 0.273 e. The maximum absolute atomic E-state index is 11.9. The highest BCUT2D eigenvalue weighted by Gasteiger charge is 2.16. The summed E-state index contributed by atoms with van der Waals surface area (Å²) in [6.07, 6.45) is 0. The van der Waals surface area contributed by atoms with Gasteiger partial charge in [0.1, 0.15) is 17.2 Å². The molecular formula is C11H13N3O2S. The van der Waals surface area contributed by atoms with Crippen molar-refractivity contribution in [2.24, 2.45) is 0 Å². The van der Waals surface area contributed by atoms with Gasteiger partial charge in [0, 0.05) is 12.4 Å². The fourth-order valence-electron chi connectivity index (χ4n) is 1.46. The van der Waals surface area contributed by atoms with Gasteiger partial charge in [-0.05, 0) is 19.1 Å². The van der Waals surface area contributed by atoms with Crippen molar-refractivity contribution in [1.82, 2.24) is 9.88 Å². The summed E-state index contributed by atoms with van der Waals surface area (Å²) < 4.78 is 5.41. The maximum atomic E-state index is 11.9. The first-order valence-corrected chi connectivity index (χ1v) is 5.96. The molecule has 0 radical (unpaired) electrons. The Labute approximate surface area is 103 Å². The van der Waals surface area contributed by atoms with Gasteiger partial charge in [0.2, 0.25) is 0 Å². The number of nitrogen functional groups attached to an aromatic ring is 1. The molecule has 2 aromatic heterocycles. The second kappa shape index (κ2) is 4.58. The van der Waals surface area contributed by atoms with Gasteiger partial charge in [0.25, 0.3) is 5.91 Å². The van der Waals surface area contributed by atoms with Crippen LogP contribution in [0.1, 0.15) is 22.0 Å². The number of carbonyl (C=O) groups is 1. The van der Waals surface area contributed by atoms with Gasteiger partial charge in [0.05, 0.1) is 6.54 Å². The molecule has 0 bridgehead atoms. The lowest BCUT2D eigenvalue weighted by Gasteiger charge is -2.13. The molecule has 17 heavy (non-hydrogen) atoms. The molecule has 0 aliphatic carbocycles. The van der Waals surface area contributed by atoms with Crippen molar-refractivity contribution in [3.8, 4) is 0 Å². The summed E-state index contributed by atoms with van der Waals surface area (Å²) in [6.45, 7) is 2.29. The Morgan fingerprint density at radius 2 is 2.35 bits per heavy atom. The van der Waals surface area contributed by atoms with Crippen LogP contribution in [0.5, 0.6) is 0 Å². The average Bonchev–Trinajstić information content (AvgIpc) is 2.87. The van der Waals surface area contributed by atoms with E-state index in [-0.39, 0.29) is 5.91 Å². The third-order valence-corrected chi connectivity index (χ3v) is 2.95. The molecule has 5 nitrogen and oxygen atoms in total. The summed E-state index contributed by atoms with van der Waals surface area (Å²) >= 11 is 1.26. The molecule has 0 saturated carbocycles. The van der Waals surface area contributed by atoms with Gasteiger partial charge in [-0.1, -0.05) is 0 Å². The van der Waals surface area contributed by atoms with Crippen LogP contribution in [0.3, 0.4) is 0 Å². The summed E-state index contributed by atoms with van der Waals surface area (Å²) in [6, 6.07) is 3.73. The van der Waals surface area contributed by atoms with Crippen molar-refractivity contribution < 1.29 is 9.21 Å². The van der Waals surface area contributed by atoms with Crippen molar-refractivity contribution in [3.05, 3.63) is 34.7 Å². The first-order valence-electron chi connectivity index (χ1n) is 5.08. The van der Waals surface area contributed by atoms with Gasteiger partial charge in [-0.2, -0.15) is 0 Å². The monoisotopic (exact) mass is 251 g/mol. The molecule has 0 aliphatic rings. The molecule has 0 atom stereocenters. The highest BCUT2D eigenvalue weighted by atomic mass is 32.1. The normalized spacial score (nSPS) is 10.5. The number of anilines is 1. The van der Waals surface area contributed by atoms with Gasteiger partial charge in [-0.15, -0.1) is 11.3 Å². The molecule has 0 spiro atoms. The summed E-state index contributed by atoms with van der Waals surface area (Å²) in [5.74, 6) is 1.42. The molecule has 2 rings (SSSR count). The van der Waals surface area contributed by atoms with Gasteiger partial charge < -0.3 is 15.1 Å². The fourth-order valence-corrected chi connectivity index (χ4v) is 1.99. The third kappa shape index (κ3) is 2.65. The highest BCUT2D eigenvalue weighted by Crippen LogP contribution is 2.14. The lowest BCUT2D eigenvalue weighted by Crippen LogP contribution is -2.26. The van der Waals surface area contributed by atoms with Crippen molar-refractivity contribution in [1.29, 1.82) is 0 Å². The van der Waals surface area contributed by atoms with Crippen LogP contribution < -0.4 is 5.73 Å². The minimum absolute atomic E-state index is 0.160. The SMILES string of the molecule is Cc1ccc(CN(C)C(=O)c2csc(N)n2)o1. The number of hydrogen-bond donors (Lipinski definition) is 1. The summed E-state index contributed by atoms with van der Waals surface area (Å²) in [5, 5.41) is 2.05. The van der Waals surface area contributed by atoms with E-state index in [0.29, 0.717) is 17.4 Å². The topological polar surface area (TPSA) is 72.4 Å². The van der Waals surface area contributed by atoms with Crippen molar-refractivity contribution in [3.63, 3.8) is 0 Å². The molecule has 90 valence electrons. The number of hydrogen-bond acceptors (Lipinski definition) is 5. The largest absolute Gasteiger partial charge is 0.464 e. The number of aryl methyl sites for hydroxylation is 1. The number of amides is 1. The zero-order chi connectivity index (χ0) is 12.4. The lowest BCUT2D eigenvalue weighted by molar-refractivity contribution is 0.0770. The predicted molar refractivity (Wildman–Crippen MR) is 65.8 cm³/mol. The summed E-state index contributed by atoms with van der Waals surface area (Å²) in [7, 11) is 1.70. The van der Waals surface area contributed by atoms with Crippen LogP contribution in [-0.4, -0.2) is 22.8 Å². The molecule has 2 aromatic rings. The van der Waals surface area contributed by atoms with Crippen LogP contribution >= 0.6 is 11.3 Å². The van der Waals surface area contributed by atoms with E-state index in [1.807, 2.05) is 19.1 Å². The minimum Gasteiger partial charge on any atom is -0.464 e. The Hall–Kier alpha value is -1.82. The van der Waals surface area contributed by atoms with E-state index >= 15 is 0 Å². The number of carbonyl (C=O) groups excluding carboxylic acids is 1. The number of rotatable bonds is 3. The Morgan fingerprint density at radius 1 is 1.59 bits per heavy atom. The molecule has 0 unspecified atom stereocenters. The number of aromatic nitrogens is 1. The van der Waals surface area contributed by atoms with E-state index in [4.69, 9.17) is 10.2 Å². The molecule has 0 saturated heterocycles. The second-order valence-corrected chi connectivity index (χ2v) is 4.63. The molecule has 0 aromatic carbocycles. The number of nitrogens with two attached hydrogens (primary N) is 1. The van der Waals surface area contributed by atoms with Gasteiger partial charge in [-0.25, -0.2) is 4.98 Å². The Balaban J connectivity index is 2.05. The number of thiazole rings is 1. The van der Waals surface area contributed by atoms with Crippen LogP contribution in [0, 0.1) is 6.92 Å². The average molecular weight is 251 g/mol. The fraction of sp³-hybridized carbons (Fsp3) is 0.273.